The number of rotatable bonds is 2. The number of halogens is 2. The highest BCUT2D eigenvalue weighted by Gasteiger charge is 2.14. The number of carbonyl (C=O) groups is 1. The molecule has 0 fully saturated rings. The van der Waals surface area contributed by atoms with Gasteiger partial charge in [0.1, 0.15) is 11.6 Å². The van der Waals surface area contributed by atoms with Gasteiger partial charge in [0, 0.05) is 0 Å². The Morgan fingerprint density at radius 1 is 1.30 bits per heavy atom. The van der Waals surface area contributed by atoms with Crippen molar-refractivity contribution in [2.24, 2.45) is 0 Å². The average Bonchev–Trinajstić information content (AvgIpc) is 2.43. The summed E-state index contributed by atoms with van der Waals surface area (Å²) in [5.41, 5.74) is 0.409. The summed E-state index contributed by atoms with van der Waals surface area (Å²) in [5.74, 6) is -1.68. The van der Waals surface area contributed by atoms with E-state index >= 15 is 0 Å². The third-order valence-electron chi connectivity index (χ3n) is 2.55. The van der Waals surface area contributed by atoms with Gasteiger partial charge in [-0.3, -0.25) is 4.79 Å². The molecule has 20 heavy (non-hydrogen) atoms. The molecule has 2 rings (SSSR count). The van der Waals surface area contributed by atoms with E-state index in [0.29, 0.717) is 5.56 Å². The molecule has 2 aromatic carbocycles. The fraction of sp³-hybridized carbons (Fsp3) is 0. The number of phenolic OH excluding ortho intramolecular Hbond substituents is 1. The fourth-order valence-electron chi connectivity index (χ4n) is 1.57. The topological polar surface area (TPSA) is 73.1 Å². The van der Waals surface area contributed by atoms with Gasteiger partial charge in [-0.05, 0) is 36.4 Å². The van der Waals surface area contributed by atoms with Crippen LogP contribution in [-0.2, 0) is 0 Å². The minimum atomic E-state index is -0.700. The zero-order valence-corrected chi connectivity index (χ0v) is 10.8. The van der Waals surface area contributed by atoms with Crippen molar-refractivity contribution >= 4 is 23.2 Å². The molecule has 0 heterocycles. The minimum absolute atomic E-state index is 0.174. The molecule has 0 bridgehead atoms. The van der Waals surface area contributed by atoms with Gasteiger partial charge in [-0.2, -0.15) is 5.26 Å². The molecule has 1 amide bonds. The van der Waals surface area contributed by atoms with Crippen LogP contribution >= 0.6 is 11.6 Å². The Hall–Kier alpha value is -2.58. The van der Waals surface area contributed by atoms with Gasteiger partial charge in [0.2, 0.25) is 0 Å². The van der Waals surface area contributed by atoms with Gasteiger partial charge in [-0.1, -0.05) is 11.6 Å². The van der Waals surface area contributed by atoms with Crippen molar-refractivity contribution in [1.82, 2.24) is 0 Å². The standard InChI is InChI=1S/C14H8ClFN2O2/c15-11-5-8(7-17)1-3-12(11)18-14(20)10-6-9(16)2-4-13(10)19/h1-6,19H,(H,18,20). The van der Waals surface area contributed by atoms with Crippen molar-refractivity contribution in [1.29, 1.82) is 5.26 Å². The van der Waals surface area contributed by atoms with Crippen LogP contribution in [0.25, 0.3) is 0 Å². The van der Waals surface area contributed by atoms with Gasteiger partial charge in [0.15, 0.2) is 0 Å². The third kappa shape index (κ3) is 2.87. The quantitative estimate of drug-likeness (QED) is 0.891. The van der Waals surface area contributed by atoms with Gasteiger partial charge >= 0.3 is 0 Å². The number of nitrogens with zero attached hydrogens (tertiary/aromatic N) is 1. The summed E-state index contributed by atoms with van der Waals surface area (Å²) in [4.78, 5) is 11.9. The second kappa shape index (κ2) is 5.59. The van der Waals surface area contributed by atoms with Gasteiger partial charge in [-0.25, -0.2) is 4.39 Å². The largest absolute Gasteiger partial charge is 0.507 e. The van der Waals surface area contributed by atoms with Crippen molar-refractivity contribution in [3.63, 3.8) is 0 Å². The maximum atomic E-state index is 13.1. The first-order valence-electron chi connectivity index (χ1n) is 5.51. The van der Waals surface area contributed by atoms with E-state index in [1.165, 1.54) is 18.2 Å². The van der Waals surface area contributed by atoms with E-state index in [-0.39, 0.29) is 22.0 Å². The normalized spacial score (nSPS) is 9.85. The van der Waals surface area contributed by atoms with E-state index in [9.17, 15) is 14.3 Å². The lowest BCUT2D eigenvalue weighted by Gasteiger charge is -2.08. The van der Waals surface area contributed by atoms with E-state index in [2.05, 4.69) is 5.32 Å². The summed E-state index contributed by atoms with van der Waals surface area (Å²) in [6, 6.07) is 9.28. The smallest absolute Gasteiger partial charge is 0.259 e. The van der Waals surface area contributed by atoms with E-state index in [1.807, 2.05) is 6.07 Å². The fourth-order valence-corrected chi connectivity index (χ4v) is 1.79. The highest BCUT2D eigenvalue weighted by atomic mass is 35.5. The lowest BCUT2D eigenvalue weighted by Crippen LogP contribution is -2.12. The van der Waals surface area contributed by atoms with Crippen LogP contribution in [-0.4, -0.2) is 11.0 Å². The Morgan fingerprint density at radius 3 is 2.70 bits per heavy atom. The molecule has 0 aliphatic carbocycles. The predicted octanol–water partition coefficient (Wildman–Crippen LogP) is 3.31. The Morgan fingerprint density at radius 2 is 2.05 bits per heavy atom. The molecule has 0 spiro atoms. The molecule has 4 nitrogen and oxygen atoms in total. The Kier molecular flexibility index (Phi) is 3.87. The van der Waals surface area contributed by atoms with Crippen molar-refractivity contribution in [2.75, 3.05) is 5.32 Å². The summed E-state index contributed by atoms with van der Waals surface area (Å²) in [6.07, 6.45) is 0. The summed E-state index contributed by atoms with van der Waals surface area (Å²) in [7, 11) is 0. The van der Waals surface area contributed by atoms with Crippen molar-refractivity contribution in [3.8, 4) is 11.8 Å². The predicted molar refractivity (Wildman–Crippen MR) is 72.2 cm³/mol. The molecule has 0 aliphatic heterocycles. The number of carbonyl (C=O) groups excluding carboxylic acids is 1. The summed E-state index contributed by atoms with van der Waals surface area (Å²) < 4.78 is 13.1. The van der Waals surface area contributed by atoms with E-state index in [4.69, 9.17) is 16.9 Å². The molecule has 0 radical (unpaired) electrons. The number of phenols is 1. The molecule has 6 heteroatoms. The van der Waals surface area contributed by atoms with E-state index < -0.39 is 11.7 Å². The van der Waals surface area contributed by atoms with Gasteiger partial charge in [-0.15, -0.1) is 0 Å². The lowest BCUT2D eigenvalue weighted by atomic mass is 10.1. The molecule has 0 aliphatic rings. The number of aromatic hydroxyl groups is 1. The number of hydrogen-bond donors (Lipinski definition) is 2. The van der Waals surface area contributed by atoms with E-state index in [1.54, 1.807) is 0 Å². The SMILES string of the molecule is N#Cc1ccc(NC(=O)c2cc(F)ccc2O)c(Cl)c1. The number of anilines is 1. The van der Waals surface area contributed by atoms with Crippen LogP contribution in [0.5, 0.6) is 5.75 Å². The molecular weight excluding hydrogens is 283 g/mol. The molecular formula is C14H8ClFN2O2. The molecule has 0 aromatic heterocycles. The lowest BCUT2D eigenvalue weighted by molar-refractivity contribution is 0.102. The van der Waals surface area contributed by atoms with Gasteiger partial charge < -0.3 is 10.4 Å². The monoisotopic (exact) mass is 290 g/mol. The second-order valence-corrected chi connectivity index (χ2v) is 4.33. The van der Waals surface area contributed by atoms with Crippen LogP contribution in [0, 0.1) is 17.1 Å². The van der Waals surface area contributed by atoms with Crippen molar-refractivity contribution < 1.29 is 14.3 Å². The van der Waals surface area contributed by atoms with Crippen molar-refractivity contribution in [2.45, 2.75) is 0 Å². The van der Waals surface area contributed by atoms with Gasteiger partial charge in [0.25, 0.3) is 5.91 Å². The van der Waals surface area contributed by atoms with E-state index in [0.717, 1.165) is 18.2 Å². The van der Waals surface area contributed by atoms with Crippen LogP contribution in [0.1, 0.15) is 15.9 Å². The highest BCUT2D eigenvalue weighted by Crippen LogP contribution is 2.25. The maximum Gasteiger partial charge on any atom is 0.259 e. The molecule has 0 saturated heterocycles. The summed E-state index contributed by atoms with van der Waals surface area (Å²) in [6.45, 7) is 0. The minimum Gasteiger partial charge on any atom is -0.507 e. The highest BCUT2D eigenvalue weighted by molar-refractivity contribution is 6.34. The molecule has 2 N–H and O–H groups in total. The van der Waals surface area contributed by atoms with Crippen LogP contribution in [0.4, 0.5) is 10.1 Å². The molecule has 0 saturated carbocycles. The number of nitrogens with one attached hydrogen (secondary N) is 1. The van der Waals surface area contributed by atoms with Crippen molar-refractivity contribution in [3.05, 3.63) is 58.4 Å². The first-order chi connectivity index (χ1) is 9.51. The summed E-state index contributed by atoms with van der Waals surface area (Å²) in [5, 5.41) is 20.9. The second-order valence-electron chi connectivity index (χ2n) is 3.92. The number of benzene rings is 2. The molecule has 0 unspecified atom stereocenters. The molecule has 100 valence electrons. The average molecular weight is 291 g/mol. The third-order valence-corrected chi connectivity index (χ3v) is 2.86. The first-order valence-corrected chi connectivity index (χ1v) is 5.88. The first kappa shape index (κ1) is 13.8. The number of amides is 1. The molecule has 0 atom stereocenters. The molecule has 2 aromatic rings. The van der Waals surface area contributed by atoms with Crippen LogP contribution in [0.2, 0.25) is 5.02 Å². The zero-order chi connectivity index (χ0) is 14.7. The Labute approximate surface area is 119 Å². The van der Waals surface area contributed by atoms with Crippen LogP contribution < -0.4 is 5.32 Å². The Bertz CT molecular complexity index is 726. The van der Waals surface area contributed by atoms with Gasteiger partial charge in [0.05, 0.1) is 27.9 Å². The van der Waals surface area contributed by atoms with Crippen LogP contribution in [0.15, 0.2) is 36.4 Å². The van der Waals surface area contributed by atoms with Crippen LogP contribution in [0.3, 0.4) is 0 Å². The Balaban J connectivity index is 2.28. The maximum absolute atomic E-state index is 13.1. The zero-order valence-electron chi connectivity index (χ0n) is 10.0. The number of hydrogen-bond acceptors (Lipinski definition) is 3. The number of nitriles is 1. The summed E-state index contributed by atoms with van der Waals surface area (Å²) >= 11 is 5.91.